The molecule has 1 aromatic rings. The SMILES string of the molecule is CCOc1ccccc1C(CC(=O)NC(CF)C(=O)O)NC(C)=O. The smallest absolute Gasteiger partial charge is 0.328 e. The van der Waals surface area contributed by atoms with Crippen LogP contribution >= 0.6 is 0 Å². The Hall–Kier alpha value is -2.64. The molecular formula is C16H21FN2O5. The van der Waals surface area contributed by atoms with Crippen LogP contribution < -0.4 is 15.4 Å². The molecule has 0 fully saturated rings. The third kappa shape index (κ3) is 5.86. The summed E-state index contributed by atoms with van der Waals surface area (Å²) in [6.45, 7) is 2.28. The van der Waals surface area contributed by atoms with E-state index >= 15 is 0 Å². The van der Waals surface area contributed by atoms with Gasteiger partial charge in [0.1, 0.15) is 12.4 Å². The van der Waals surface area contributed by atoms with Crippen LogP contribution in [0.15, 0.2) is 24.3 Å². The summed E-state index contributed by atoms with van der Waals surface area (Å²) in [5.74, 6) is -2.01. The van der Waals surface area contributed by atoms with E-state index in [9.17, 15) is 18.8 Å². The average Bonchev–Trinajstić information content (AvgIpc) is 2.52. The predicted octanol–water partition coefficient (Wildman–Crippen LogP) is 1.19. The molecule has 0 saturated carbocycles. The minimum absolute atomic E-state index is 0.243. The maximum Gasteiger partial charge on any atom is 0.328 e. The molecule has 0 saturated heterocycles. The summed E-state index contributed by atoms with van der Waals surface area (Å²) in [7, 11) is 0. The van der Waals surface area contributed by atoms with Gasteiger partial charge in [0.2, 0.25) is 11.8 Å². The van der Waals surface area contributed by atoms with Crippen LogP contribution in [-0.4, -0.2) is 42.2 Å². The molecule has 2 atom stereocenters. The van der Waals surface area contributed by atoms with Crippen molar-refractivity contribution < 1.29 is 28.6 Å². The molecule has 1 rings (SSSR count). The third-order valence-corrected chi connectivity index (χ3v) is 3.15. The Morgan fingerprint density at radius 1 is 1.25 bits per heavy atom. The number of carboxylic acids is 1. The van der Waals surface area contributed by atoms with Crippen molar-refractivity contribution in [2.45, 2.75) is 32.4 Å². The van der Waals surface area contributed by atoms with Crippen LogP contribution in [0.1, 0.15) is 31.9 Å². The molecule has 0 aliphatic carbocycles. The third-order valence-electron chi connectivity index (χ3n) is 3.15. The van der Waals surface area contributed by atoms with Gasteiger partial charge in [0.25, 0.3) is 0 Å². The summed E-state index contributed by atoms with van der Waals surface area (Å²) in [6.07, 6.45) is -0.243. The van der Waals surface area contributed by atoms with Gasteiger partial charge in [-0.05, 0) is 13.0 Å². The van der Waals surface area contributed by atoms with Crippen LogP contribution in [0.4, 0.5) is 4.39 Å². The fraction of sp³-hybridized carbons (Fsp3) is 0.438. The highest BCUT2D eigenvalue weighted by atomic mass is 19.1. The number of alkyl halides is 1. The first kappa shape index (κ1) is 19.4. The molecule has 0 spiro atoms. The van der Waals surface area contributed by atoms with E-state index in [2.05, 4.69) is 10.6 Å². The van der Waals surface area contributed by atoms with Crippen molar-refractivity contribution in [1.29, 1.82) is 0 Å². The highest BCUT2D eigenvalue weighted by Crippen LogP contribution is 2.27. The van der Waals surface area contributed by atoms with Crippen LogP contribution in [0.2, 0.25) is 0 Å². The molecule has 0 aliphatic rings. The maximum atomic E-state index is 12.6. The van der Waals surface area contributed by atoms with Crippen molar-refractivity contribution >= 4 is 17.8 Å². The van der Waals surface area contributed by atoms with Gasteiger partial charge in [0.15, 0.2) is 6.04 Å². The lowest BCUT2D eigenvalue weighted by Crippen LogP contribution is -2.43. The van der Waals surface area contributed by atoms with E-state index in [0.29, 0.717) is 17.9 Å². The fourth-order valence-electron chi connectivity index (χ4n) is 2.14. The number of halogens is 1. The molecule has 1 aromatic carbocycles. The Kier molecular flexibility index (Phi) is 7.67. The first-order valence-corrected chi connectivity index (χ1v) is 7.46. The number of carboxylic acid groups (broad SMARTS) is 1. The van der Waals surface area contributed by atoms with E-state index in [1.54, 1.807) is 31.2 Å². The Balaban J connectivity index is 2.96. The van der Waals surface area contributed by atoms with Gasteiger partial charge in [-0.25, -0.2) is 9.18 Å². The summed E-state index contributed by atoms with van der Waals surface area (Å²) in [6, 6.07) is 4.54. The van der Waals surface area contributed by atoms with Gasteiger partial charge in [0, 0.05) is 12.5 Å². The quantitative estimate of drug-likeness (QED) is 0.626. The normalized spacial score (nSPS) is 12.8. The Labute approximate surface area is 139 Å². The zero-order valence-electron chi connectivity index (χ0n) is 13.5. The molecule has 2 amide bonds. The first-order valence-electron chi connectivity index (χ1n) is 7.46. The van der Waals surface area contributed by atoms with Crippen LogP contribution in [0.25, 0.3) is 0 Å². The Bertz CT molecular complexity index is 594. The van der Waals surface area contributed by atoms with Crippen molar-refractivity contribution in [1.82, 2.24) is 10.6 Å². The molecule has 0 bridgehead atoms. The van der Waals surface area contributed by atoms with Gasteiger partial charge in [-0.2, -0.15) is 0 Å². The number of carbonyl (C=O) groups is 3. The fourth-order valence-corrected chi connectivity index (χ4v) is 2.14. The molecule has 2 unspecified atom stereocenters. The molecule has 0 aromatic heterocycles. The highest BCUT2D eigenvalue weighted by molar-refractivity contribution is 5.84. The minimum atomic E-state index is -1.61. The van der Waals surface area contributed by atoms with Crippen molar-refractivity contribution in [2.24, 2.45) is 0 Å². The van der Waals surface area contributed by atoms with Crippen molar-refractivity contribution in [3.05, 3.63) is 29.8 Å². The number of aliphatic carboxylic acids is 1. The lowest BCUT2D eigenvalue weighted by molar-refractivity contribution is -0.142. The van der Waals surface area contributed by atoms with E-state index < -0.39 is 30.6 Å². The minimum Gasteiger partial charge on any atom is -0.494 e. The van der Waals surface area contributed by atoms with Crippen LogP contribution in [-0.2, 0) is 14.4 Å². The summed E-state index contributed by atoms with van der Waals surface area (Å²) in [4.78, 5) is 34.2. The summed E-state index contributed by atoms with van der Waals surface area (Å²) >= 11 is 0. The van der Waals surface area contributed by atoms with Crippen LogP contribution in [0.5, 0.6) is 5.75 Å². The molecule has 8 heteroatoms. The van der Waals surface area contributed by atoms with Crippen LogP contribution in [0.3, 0.4) is 0 Å². The number of nitrogens with one attached hydrogen (secondary N) is 2. The lowest BCUT2D eigenvalue weighted by atomic mass is 10.0. The van der Waals surface area contributed by atoms with E-state index in [1.165, 1.54) is 6.92 Å². The van der Waals surface area contributed by atoms with Gasteiger partial charge >= 0.3 is 5.97 Å². The number of benzene rings is 1. The van der Waals surface area contributed by atoms with Gasteiger partial charge in [-0.3, -0.25) is 9.59 Å². The molecular weight excluding hydrogens is 319 g/mol. The van der Waals surface area contributed by atoms with Crippen LogP contribution in [0, 0.1) is 0 Å². The molecule has 24 heavy (non-hydrogen) atoms. The van der Waals surface area contributed by atoms with Gasteiger partial charge in [-0.1, -0.05) is 18.2 Å². The average molecular weight is 340 g/mol. The number of rotatable bonds is 9. The second-order valence-electron chi connectivity index (χ2n) is 5.04. The number of para-hydroxylation sites is 1. The molecule has 0 radical (unpaired) electrons. The summed E-state index contributed by atoms with van der Waals surface area (Å²) in [5.41, 5.74) is 0.580. The number of hydrogen-bond acceptors (Lipinski definition) is 4. The lowest BCUT2D eigenvalue weighted by Gasteiger charge is -2.21. The number of ether oxygens (including phenoxy) is 1. The molecule has 7 nitrogen and oxygen atoms in total. The van der Waals surface area contributed by atoms with Gasteiger partial charge < -0.3 is 20.5 Å². The zero-order valence-corrected chi connectivity index (χ0v) is 13.5. The molecule has 3 N–H and O–H groups in total. The van der Waals surface area contributed by atoms with Gasteiger partial charge in [0.05, 0.1) is 19.1 Å². The molecule has 0 heterocycles. The zero-order chi connectivity index (χ0) is 18.1. The summed E-state index contributed by atoms with van der Waals surface area (Å²) in [5, 5.41) is 13.5. The number of carbonyl (C=O) groups excluding carboxylic acids is 2. The standard InChI is InChI=1S/C16H21FN2O5/c1-3-24-14-7-5-4-6-11(14)12(18-10(2)20)8-15(21)19-13(9-17)16(22)23/h4-7,12-13H,3,8-9H2,1-2H3,(H,18,20)(H,19,21)(H,22,23). The highest BCUT2D eigenvalue weighted by Gasteiger charge is 2.24. The van der Waals surface area contributed by atoms with E-state index in [0.717, 1.165) is 0 Å². The predicted molar refractivity (Wildman–Crippen MR) is 84.3 cm³/mol. The largest absolute Gasteiger partial charge is 0.494 e. The number of amides is 2. The van der Waals surface area contributed by atoms with Crippen molar-refractivity contribution in [2.75, 3.05) is 13.3 Å². The van der Waals surface area contributed by atoms with E-state index in [1.807, 2.05) is 0 Å². The Morgan fingerprint density at radius 2 is 1.92 bits per heavy atom. The van der Waals surface area contributed by atoms with E-state index in [-0.39, 0.29) is 12.3 Å². The Morgan fingerprint density at radius 3 is 2.46 bits per heavy atom. The van der Waals surface area contributed by atoms with Crippen molar-refractivity contribution in [3.63, 3.8) is 0 Å². The second kappa shape index (κ2) is 9.49. The summed E-state index contributed by atoms with van der Waals surface area (Å²) < 4.78 is 18.1. The van der Waals surface area contributed by atoms with E-state index in [4.69, 9.17) is 9.84 Å². The molecule has 132 valence electrons. The van der Waals surface area contributed by atoms with Crippen molar-refractivity contribution in [3.8, 4) is 5.75 Å². The second-order valence-corrected chi connectivity index (χ2v) is 5.04. The topological polar surface area (TPSA) is 105 Å². The number of hydrogen-bond donors (Lipinski definition) is 3. The van der Waals surface area contributed by atoms with Gasteiger partial charge in [-0.15, -0.1) is 0 Å². The molecule has 0 aliphatic heterocycles. The maximum absolute atomic E-state index is 12.6. The monoisotopic (exact) mass is 340 g/mol. The first-order chi connectivity index (χ1) is 11.4.